The van der Waals surface area contributed by atoms with Crippen LogP contribution in [0.5, 0.6) is 0 Å². The number of hydrogen-bond donors (Lipinski definition) is 1. The maximum Gasteiger partial charge on any atom is 1.00 e. The number of fused-ring (bicyclic) bond motifs is 2. The normalized spacial score (nSPS) is 28.2. The predicted octanol–water partition coefficient (Wildman–Crippen LogP) is -4.21. The molecule has 0 aromatic heterocycles. The van der Waals surface area contributed by atoms with Crippen molar-refractivity contribution in [3.63, 3.8) is 0 Å². The second-order valence-corrected chi connectivity index (χ2v) is 7.33. The van der Waals surface area contributed by atoms with Gasteiger partial charge in [0, 0.05) is 12.6 Å². The van der Waals surface area contributed by atoms with Crippen LogP contribution in [0.25, 0.3) is 0 Å². The minimum atomic E-state index is -5.05. The van der Waals surface area contributed by atoms with Crippen molar-refractivity contribution in [3.8, 4) is 0 Å². The largest absolute Gasteiger partial charge is 1.00 e. The van der Waals surface area contributed by atoms with Crippen LogP contribution in [0, 0.1) is 0 Å². The molecule has 3 atom stereocenters. The van der Waals surface area contributed by atoms with E-state index in [1.54, 1.807) is 0 Å². The van der Waals surface area contributed by atoms with E-state index < -0.39 is 28.5 Å². The molecule has 3 saturated heterocycles. The maximum absolute atomic E-state index is 12.8. The molecule has 1 unspecified atom stereocenters. The number of urea groups is 1. The van der Waals surface area contributed by atoms with Crippen molar-refractivity contribution in [1.82, 2.24) is 20.3 Å². The monoisotopic (exact) mass is 400 g/mol. The molecule has 3 rings (SSSR count). The maximum atomic E-state index is 12.8. The van der Waals surface area contributed by atoms with E-state index in [1.807, 2.05) is 0 Å². The summed E-state index contributed by atoms with van der Waals surface area (Å²) in [5.41, 5.74) is 0. The molecule has 0 radical (unpaired) electrons. The Kier molecular flexibility index (Phi) is 7.30. The number of piperidine rings is 1. The minimum Gasteiger partial charge on any atom is -0.724 e. The van der Waals surface area contributed by atoms with Gasteiger partial charge in [0.2, 0.25) is 10.4 Å². The first-order valence-corrected chi connectivity index (χ1v) is 9.47. The summed E-state index contributed by atoms with van der Waals surface area (Å²) in [7, 11) is -3.66. The van der Waals surface area contributed by atoms with E-state index in [0.29, 0.717) is 24.4 Å². The van der Waals surface area contributed by atoms with Crippen molar-refractivity contribution in [2.45, 2.75) is 43.8 Å². The Balaban J connectivity index is 0.00000243. The average molecular weight is 400 g/mol. The van der Waals surface area contributed by atoms with E-state index >= 15 is 0 Å². The summed E-state index contributed by atoms with van der Waals surface area (Å²) in [5.74, 6) is -0.366. The van der Waals surface area contributed by atoms with E-state index in [0.717, 1.165) is 19.4 Å². The Bertz CT molecular complexity index is 642. The van der Waals surface area contributed by atoms with Crippen molar-refractivity contribution in [2.75, 3.05) is 26.7 Å². The summed E-state index contributed by atoms with van der Waals surface area (Å²) >= 11 is 0. The smallest absolute Gasteiger partial charge is 0.724 e. The number of rotatable bonds is 6. The number of nitrogens with one attached hydrogen (secondary N) is 1. The molecular formula is C13H21N4NaO7S. The quantitative estimate of drug-likeness (QED) is 0.205. The summed E-state index contributed by atoms with van der Waals surface area (Å²) < 4.78 is 36.6. The van der Waals surface area contributed by atoms with Crippen LogP contribution in [0.2, 0.25) is 0 Å². The van der Waals surface area contributed by atoms with Crippen molar-refractivity contribution in [2.24, 2.45) is 0 Å². The Morgan fingerprint density at radius 1 is 1.38 bits per heavy atom. The number of carbonyl (C=O) groups excluding carboxylic acids is 2. The van der Waals surface area contributed by atoms with Crippen LogP contribution in [0.1, 0.15) is 25.7 Å². The summed E-state index contributed by atoms with van der Waals surface area (Å²) in [6.07, 6.45) is 2.66. The standard InChI is InChI=1S/C13H22N4O7S.Na/c1-23-16(7-9-3-2-6-14-9)12(18)11-5-4-10-8-15(11)13(19)17(10)24-25(20,21)22;/h9-11,14H,2-8H2,1H3,(H,20,21,22);/q;+1/p-1/t9?,10-,11+;/m1./s1. The van der Waals surface area contributed by atoms with Crippen LogP contribution < -0.4 is 34.9 Å². The first kappa shape index (κ1) is 21.8. The molecule has 3 aliphatic rings. The number of carbonyl (C=O) groups is 2. The molecule has 0 aliphatic carbocycles. The molecule has 3 amide bonds. The van der Waals surface area contributed by atoms with Gasteiger partial charge in [-0.05, 0) is 32.2 Å². The van der Waals surface area contributed by atoms with Gasteiger partial charge in [-0.1, -0.05) is 0 Å². The van der Waals surface area contributed by atoms with Gasteiger partial charge in [-0.2, -0.15) is 9.35 Å². The van der Waals surface area contributed by atoms with Gasteiger partial charge in [0.15, 0.2) is 0 Å². The third-order valence-corrected chi connectivity index (χ3v) is 5.14. The number of hydrogen-bond acceptors (Lipinski definition) is 8. The van der Waals surface area contributed by atoms with E-state index in [2.05, 4.69) is 9.60 Å². The predicted molar refractivity (Wildman–Crippen MR) is 81.3 cm³/mol. The molecule has 0 saturated carbocycles. The van der Waals surface area contributed by atoms with Crippen LogP contribution >= 0.6 is 0 Å². The molecule has 0 aromatic carbocycles. The fourth-order valence-corrected chi connectivity index (χ4v) is 4.00. The second-order valence-electron chi connectivity index (χ2n) is 6.37. The Labute approximate surface area is 174 Å². The zero-order valence-electron chi connectivity index (χ0n) is 14.8. The van der Waals surface area contributed by atoms with Gasteiger partial charge in [0.25, 0.3) is 5.91 Å². The fourth-order valence-electron chi connectivity index (χ4n) is 3.62. The van der Waals surface area contributed by atoms with Gasteiger partial charge < -0.3 is 14.8 Å². The molecule has 0 aromatic rings. The molecule has 3 fully saturated rings. The third-order valence-electron chi connectivity index (χ3n) is 4.79. The third kappa shape index (κ3) is 4.68. The second kappa shape index (κ2) is 8.69. The van der Waals surface area contributed by atoms with Crippen LogP contribution in [-0.4, -0.2) is 84.8 Å². The first-order chi connectivity index (χ1) is 11.8. The molecule has 2 bridgehead atoms. The Hall–Kier alpha value is -0.470. The van der Waals surface area contributed by atoms with Crippen molar-refractivity contribution in [1.29, 1.82) is 0 Å². The van der Waals surface area contributed by atoms with E-state index in [4.69, 9.17) is 4.84 Å². The van der Waals surface area contributed by atoms with Gasteiger partial charge in [-0.3, -0.25) is 9.63 Å². The van der Waals surface area contributed by atoms with Crippen LogP contribution in [0.4, 0.5) is 4.79 Å². The van der Waals surface area contributed by atoms with Crippen molar-refractivity contribution in [3.05, 3.63) is 0 Å². The van der Waals surface area contributed by atoms with Crippen LogP contribution in [0.15, 0.2) is 0 Å². The average Bonchev–Trinajstić information content (AvgIpc) is 3.14. The number of amides is 3. The Morgan fingerprint density at radius 2 is 2.12 bits per heavy atom. The van der Waals surface area contributed by atoms with E-state index in [-0.39, 0.29) is 48.1 Å². The van der Waals surface area contributed by atoms with Crippen molar-refractivity contribution < 1.29 is 61.2 Å². The molecule has 26 heavy (non-hydrogen) atoms. The van der Waals surface area contributed by atoms with Gasteiger partial charge in [0.05, 0.1) is 19.7 Å². The summed E-state index contributed by atoms with van der Waals surface area (Å²) in [6.45, 7) is 1.39. The zero-order valence-corrected chi connectivity index (χ0v) is 17.6. The van der Waals surface area contributed by atoms with Gasteiger partial charge in [-0.15, -0.1) is 0 Å². The zero-order chi connectivity index (χ0) is 18.2. The molecule has 3 aliphatic heterocycles. The van der Waals surface area contributed by atoms with Crippen LogP contribution in [0.3, 0.4) is 0 Å². The van der Waals surface area contributed by atoms with E-state index in [1.165, 1.54) is 17.1 Å². The van der Waals surface area contributed by atoms with Crippen molar-refractivity contribution >= 4 is 22.3 Å². The first-order valence-electron chi connectivity index (χ1n) is 8.14. The van der Waals surface area contributed by atoms with Gasteiger partial charge in [-0.25, -0.2) is 18.3 Å². The molecule has 11 nitrogen and oxygen atoms in total. The summed E-state index contributed by atoms with van der Waals surface area (Å²) in [5, 5.41) is 5.06. The number of hydroxylamine groups is 4. The van der Waals surface area contributed by atoms with Crippen LogP contribution in [-0.2, 0) is 24.3 Å². The fraction of sp³-hybridized carbons (Fsp3) is 0.846. The summed E-state index contributed by atoms with van der Waals surface area (Å²) in [6, 6.07) is -1.99. The van der Waals surface area contributed by atoms with E-state index in [9.17, 15) is 22.6 Å². The summed E-state index contributed by atoms with van der Waals surface area (Å²) in [4.78, 5) is 31.5. The number of nitrogens with zero attached hydrogens (tertiary/aromatic N) is 3. The topological polar surface area (TPSA) is 132 Å². The molecule has 142 valence electrons. The Morgan fingerprint density at radius 3 is 2.69 bits per heavy atom. The molecule has 1 N–H and O–H groups in total. The SMILES string of the molecule is CON(CC1CCCN1)C(=O)[C@@H]1CC[C@@H]2CN1C(=O)N2OS(=O)(=O)[O-].[Na+]. The minimum absolute atomic E-state index is 0. The molecule has 3 heterocycles. The molecular weight excluding hydrogens is 379 g/mol. The molecule has 13 heteroatoms. The van der Waals surface area contributed by atoms with Gasteiger partial charge >= 0.3 is 35.6 Å². The van der Waals surface area contributed by atoms with Gasteiger partial charge in [0.1, 0.15) is 6.04 Å². The molecule has 0 spiro atoms.